The monoisotopic (exact) mass is 303 g/mol. The van der Waals surface area contributed by atoms with Gasteiger partial charge in [0.1, 0.15) is 5.75 Å². The molecule has 1 heterocycles. The van der Waals surface area contributed by atoms with Crippen molar-refractivity contribution in [3.8, 4) is 5.75 Å². The van der Waals surface area contributed by atoms with Crippen LogP contribution in [0, 0.1) is 0 Å². The number of halogens is 1. The average molecular weight is 304 g/mol. The van der Waals surface area contributed by atoms with Crippen LogP contribution in [0.1, 0.15) is 5.56 Å². The molecular formula is C16H14ClNO3. The van der Waals surface area contributed by atoms with E-state index in [0.717, 1.165) is 11.3 Å². The van der Waals surface area contributed by atoms with E-state index in [1.54, 1.807) is 18.2 Å². The third kappa shape index (κ3) is 2.95. The Morgan fingerprint density at radius 1 is 1.29 bits per heavy atom. The zero-order valence-corrected chi connectivity index (χ0v) is 12.0. The van der Waals surface area contributed by atoms with Gasteiger partial charge in [-0.2, -0.15) is 0 Å². The van der Waals surface area contributed by atoms with Gasteiger partial charge in [-0.25, -0.2) is 4.79 Å². The summed E-state index contributed by atoms with van der Waals surface area (Å²) in [5, 5.41) is 9.83. The Morgan fingerprint density at radius 3 is 2.76 bits per heavy atom. The Kier molecular flexibility index (Phi) is 3.71. The normalized spacial score (nSPS) is 17.0. The molecule has 0 aliphatic carbocycles. The molecule has 3 rings (SSSR count). The minimum atomic E-state index is -0.964. The summed E-state index contributed by atoms with van der Waals surface area (Å²) in [6.45, 7) is 0.902. The first-order valence-corrected chi connectivity index (χ1v) is 6.99. The molecule has 5 heteroatoms. The van der Waals surface area contributed by atoms with Crippen LogP contribution in [0.2, 0.25) is 5.02 Å². The van der Waals surface area contributed by atoms with E-state index in [9.17, 15) is 9.90 Å². The van der Waals surface area contributed by atoms with Crippen molar-refractivity contribution in [1.29, 1.82) is 0 Å². The number of fused-ring (bicyclic) bond motifs is 1. The van der Waals surface area contributed by atoms with Gasteiger partial charge in [-0.1, -0.05) is 41.9 Å². The molecule has 2 aromatic carbocycles. The maximum atomic E-state index is 11.3. The number of ether oxygens (including phenoxy) is 1. The molecule has 1 aliphatic rings. The van der Waals surface area contributed by atoms with Crippen molar-refractivity contribution in [3.05, 3.63) is 59.1 Å². The molecule has 108 valence electrons. The van der Waals surface area contributed by atoms with Crippen LogP contribution in [0.25, 0.3) is 0 Å². The molecule has 2 aromatic rings. The highest BCUT2D eigenvalue weighted by Crippen LogP contribution is 2.36. The van der Waals surface area contributed by atoms with Crippen LogP contribution in [0.4, 0.5) is 5.69 Å². The summed E-state index contributed by atoms with van der Waals surface area (Å²) in [5.74, 6) is -0.414. The van der Waals surface area contributed by atoms with Crippen molar-refractivity contribution in [2.24, 2.45) is 0 Å². The lowest BCUT2D eigenvalue weighted by molar-refractivity contribution is -0.144. The molecule has 1 unspecified atom stereocenters. The third-order valence-electron chi connectivity index (χ3n) is 3.41. The third-order valence-corrected chi connectivity index (χ3v) is 3.64. The fourth-order valence-corrected chi connectivity index (χ4v) is 2.57. The number of carboxylic acid groups (broad SMARTS) is 1. The van der Waals surface area contributed by atoms with Gasteiger partial charge >= 0.3 is 5.97 Å². The topological polar surface area (TPSA) is 49.8 Å². The van der Waals surface area contributed by atoms with Gasteiger partial charge in [0, 0.05) is 11.6 Å². The summed E-state index contributed by atoms with van der Waals surface area (Å²) < 4.78 is 5.52. The van der Waals surface area contributed by atoms with E-state index in [2.05, 4.69) is 0 Å². The summed E-state index contributed by atoms with van der Waals surface area (Å²) in [7, 11) is 0. The van der Waals surface area contributed by atoms with E-state index in [1.165, 1.54) is 0 Å². The Hall–Kier alpha value is -2.20. The molecular weight excluding hydrogens is 290 g/mol. The molecule has 21 heavy (non-hydrogen) atoms. The van der Waals surface area contributed by atoms with Crippen molar-refractivity contribution in [2.75, 3.05) is 11.4 Å². The number of nitrogens with zero attached hydrogens (tertiary/aromatic N) is 1. The summed E-state index contributed by atoms with van der Waals surface area (Å²) in [6.07, 6.45) is -0.873. The first kappa shape index (κ1) is 13.8. The zero-order valence-electron chi connectivity index (χ0n) is 11.2. The van der Waals surface area contributed by atoms with Gasteiger partial charge in [-0.15, -0.1) is 0 Å². The van der Waals surface area contributed by atoms with Crippen LogP contribution in [-0.2, 0) is 11.3 Å². The summed E-state index contributed by atoms with van der Waals surface area (Å²) in [4.78, 5) is 13.2. The SMILES string of the molecule is O=C(O)C1CN(Cc2ccccc2)c2cc(Cl)ccc2O1. The molecule has 0 saturated heterocycles. The van der Waals surface area contributed by atoms with Crippen molar-refractivity contribution in [1.82, 2.24) is 0 Å². The van der Waals surface area contributed by atoms with E-state index in [-0.39, 0.29) is 6.54 Å². The lowest BCUT2D eigenvalue weighted by Crippen LogP contribution is -2.44. The van der Waals surface area contributed by atoms with Gasteiger partial charge in [-0.05, 0) is 23.8 Å². The van der Waals surface area contributed by atoms with Crippen LogP contribution in [-0.4, -0.2) is 23.7 Å². The lowest BCUT2D eigenvalue weighted by atomic mass is 10.1. The Balaban J connectivity index is 1.94. The van der Waals surface area contributed by atoms with E-state index in [4.69, 9.17) is 16.3 Å². The average Bonchev–Trinajstić information content (AvgIpc) is 2.48. The van der Waals surface area contributed by atoms with Crippen molar-refractivity contribution in [3.63, 3.8) is 0 Å². The molecule has 0 fully saturated rings. The minimum Gasteiger partial charge on any atom is -0.478 e. The first-order valence-electron chi connectivity index (χ1n) is 6.61. The van der Waals surface area contributed by atoms with Crippen LogP contribution in [0.15, 0.2) is 48.5 Å². The van der Waals surface area contributed by atoms with E-state index in [1.807, 2.05) is 35.2 Å². The Morgan fingerprint density at radius 2 is 2.05 bits per heavy atom. The van der Waals surface area contributed by atoms with E-state index < -0.39 is 12.1 Å². The second kappa shape index (κ2) is 5.66. The molecule has 4 nitrogen and oxygen atoms in total. The number of carbonyl (C=O) groups is 1. The molecule has 1 atom stereocenters. The predicted octanol–water partition coefficient (Wildman–Crippen LogP) is 3.19. The van der Waals surface area contributed by atoms with Crippen molar-refractivity contribution >= 4 is 23.3 Å². The van der Waals surface area contributed by atoms with Gasteiger partial charge in [0.25, 0.3) is 0 Å². The summed E-state index contributed by atoms with van der Waals surface area (Å²) in [6, 6.07) is 15.1. The van der Waals surface area contributed by atoms with Crippen LogP contribution >= 0.6 is 11.6 Å². The number of benzene rings is 2. The molecule has 0 saturated carbocycles. The molecule has 0 radical (unpaired) electrons. The molecule has 1 aliphatic heterocycles. The molecule has 0 amide bonds. The second-order valence-corrected chi connectivity index (χ2v) is 5.36. The number of aliphatic carboxylic acids is 1. The highest BCUT2D eigenvalue weighted by Gasteiger charge is 2.30. The highest BCUT2D eigenvalue weighted by atomic mass is 35.5. The van der Waals surface area contributed by atoms with Crippen LogP contribution < -0.4 is 9.64 Å². The molecule has 0 spiro atoms. The summed E-state index contributed by atoms with van der Waals surface area (Å²) >= 11 is 6.05. The standard InChI is InChI=1S/C16H14ClNO3/c17-12-6-7-14-13(8-12)18(10-15(21-14)16(19)20)9-11-4-2-1-3-5-11/h1-8,15H,9-10H2,(H,19,20). The van der Waals surface area contributed by atoms with Crippen molar-refractivity contribution < 1.29 is 14.6 Å². The molecule has 1 N–H and O–H groups in total. The van der Waals surface area contributed by atoms with Gasteiger partial charge in [0.15, 0.2) is 0 Å². The van der Waals surface area contributed by atoms with Gasteiger partial charge in [-0.3, -0.25) is 0 Å². The first-order chi connectivity index (χ1) is 10.1. The van der Waals surface area contributed by atoms with Gasteiger partial charge in [0.05, 0.1) is 12.2 Å². The van der Waals surface area contributed by atoms with E-state index in [0.29, 0.717) is 17.3 Å². The van der Waals surface area contributed by atoms with Crippen LogP contribution in [0.5, 0.6) is 5.75 Å². The fraction of sp³-hybridized carbons (Fsp3) is 0.188. The number of rotatable bonds is 3. The Labute approximate surface area is 127 Å². The smallest absolute Gasteiger partial charge is 0.346 e. The van der Waals surface area contributed by atoms with Gasteiger partial charge in [0.2, 0.25) is 6.10 Å². The second-order valence-electron chi connectivity index (χ2n) is 4.92. The predicted molar refractivity (Wildman–Crippen MR) is 81.0 cm³/mol. The highest BCUT2D eigenvalue weighted by molar-refractivity contribution is 6.31. The largest absolute Gasteiger partial charge is 0.478 e. The lowest BCUT2D eigenvalue weighted by Gasteiger charge is -2.34. The number of hydrogen-bond donors (Lipinski definition) is 1. The summed E-state index contributed by atoms with van der Waals surface area (Å²) in [5.41, 5.74) is 1.93. The van der Waals surface area contributed by atoms with Gasteiger partial charge < -0.3 is 14.7 Å². The number of carboxylic acids is 1. The number of hydrogen-bond acceptors (Lipinski definition) is 3. The maximum absolute atomic E-state index is 11.3. The Bertz CT molecular complexity index is 660. The molecule has 0 aromatic heterocycles. The van der Waals surface area contributed by atoms with E-state index >= 15 is 0 Å². The van der Waals surface area contributed by atoms with Crippen LogP contribution in [0.3, 0.4) is 0 Å². The fourth-order valence-electron chi connectivity index (χ4n) is 2.41. The zero-order chi connectivity index (χ0) is 14.8. The quantitative estimate of drug-likeness (QED) is 0.946. The van der Waals surface area contributed by atoms with Crippen molar-refractivity contribution in [2.45, 2.75) is 12.6 Å². The number of anilines is 1. The maximum Gasteiger partial charge on any atom is 0.346 e. The minimum absolute atomic E-state index is 0.289. The molecule has 0 bridgehead atoms.